The van der Waals surface area contributed by atoms with Gasteiger partial charge in [-0.1, -0.05) is 49.6 Å². The molecular formula is C23H33FO5. The van der Waals surface area contributed by atoms with E-state index in [0.717, 1.165) is 25.7 Å². The molecule has 0 saturated heterocycles. The minimum Gasteiger partial charge on any atom is -0.481 e. The Bertz CT molecular complexity index is 662. The molecule has 5 nitrogen and oxygen atoms in total. The third-order valence-electron chi connectivity index (χ3n) is 5.90. The average molecular weight is 409 g/mol. The van der Waals surface area contributed by atoms with Crippen molar-refractivity contribution in [2.45, 2.75) is 76.1 Å². The summed E-state index contributed by atoms with van der Waals surface area (Å²) >= 11 is 0. The van der Waals surface area contributed by atoms with E-state index in [4.69, 9.17) is 5.11 Å². The number of rotatable bonds is 12. The normalized spacial score (nSPS) is 25.5. The van der Waals surface area contributed by atoms with Crippen molar-refractivity contribution >= 4 is 12.0 Å². The number of aliphatic hydroxyl groups is 3. The van der Waals surface area contributed by atoms with Gasteiger partial charge < -0.3 is 20.4 Å². The number of unbranched alkanes of at least 4 members (excludes halogenated alkanes) is 3. The molecule has 0 heterocycles. The van der Waals surface area contributed by atoms with E-state index in [-0.39, 0.29) is 24.1 Å². The van der Waals surface area contributed by atoms with E-state index in [1.165, 1.54) is 6.07 Å². The lowest BCUT2D eigenvalue weighted by atomic mass is 9.85. The fourth-order valence-corrected chi connectivity index (χ4v) is 4.27. The van der Waals surface area contributed by atoms with E-state index in [1.807, 2.05) is 0 Å². The van der Waals surface area contributed by atoms with Gasteiger partial charge in [0.2, 0.25) is 0 Å². The average Bonchev–Trinajstić information content (AvgIpc) is 2.94. The lowest BCUT2D eigenvalue weighted by molar-refractivity contribution is -0.137. The minimum atomic E-state index is -0.776. The molecule has 4 N–H and O–H groups in total. The summed E-state index contributed by atoms with van der Waals surface area (Å²) in [6, 6.07) is 6.36. The summed E-state index contributed by atoms with van der Waals surface area (Å²) < 4.78 is 13.6. The highest BCUT2D eigenvalue weighted by atomic mass is 19.1. The fourth-order valence-electron chi connectivity index (χ4n) is 4.27. The number of carboxylic acid groups (broad SMARTS) is 1. The van der Waals surface area contributed by atoms with Gasteiger partial charge in [-0.05, 0) is 50.0 Å². The molecule has 0 bridgehead atoms. The molecule has 1 saturated carbocycles. The summed E-state index contributed by atoms with van der Waals surface area (Å²) in [5, 5.41) is 39.5. The summed E-state index contributed by atoms with van der Waals surface area (Å²) in [6.45, 7) is 0. The first-order valence-electron chi connectivity index (χ1n) is 10.6. The minimum absolute atomic E-state index is 0.00720. The highest BCUT2D eigenvalue weighted by Gasteiger charge is 2.40. The van der Waals surface area contributed by atoms with Crippen LogP contribution in [0.5, 0.6) is 0 Å². The zero-order chi connectivity index (χ0) is 21.2. The van der Waals surface area contributed by atoms with Crippen LogP contribution in [0.2, 0.25) is 0 Å². The maximum Gasteiger partial charge on any atom is 0.303 e. The van der Waals surface area contributed by atoms with Crippen molar-refractivity contribution in [1.82, 2.24) is 0 Å². The Kier molecular flexibility index (Phi) is 9.78. The van der Waals surface area contributed by atoms with Crippen molar-refractivity contribution in [1.29, 1.82) is 0 Å². The lowest BCUT2D eigenvalue weighted by Crippen LogP contribution is -2.23. The van der Waals surface area contributed by atoms with E-state index < -0.39 is 24.3 Å². The van der Waals surface area contributed by atoms with Crippen LogP contribution in [0.1, 0.15) is 63.4 Å². The summed E-state index contributed by atoms with van der Waals surface area (Å²) in [5.74, 6) is -1.19. The molecule has 0 aliphatic heterocycles. The van der Waals surface area contributed by atoms with E-state index in [9.17, 15) is 24.5 Å². The van der Waals surface area contributed by atoms with Gasteiger partial charge in [-0.2, -0.15) is 0 Å². The van der Waals surface area contributed by atoms with Crippen molar-refractivity contribution in [2.75, 3.05) is 0 Å². The predicted molar refractivity (Wildman–Crippen MR) is 110 cm³/mol. The van der Waals surface area contributed by atoms with E-state index >= 15 is 0 Å². The number of halogens is 1. The highest BCUT2D eigenvalue weighted by molar-refractivity contribution is 5.66. The SMILES string of the molecule is O=C(O)CCCCCCC1C(O)CC(O)C1CCC(O)/C=C/c1ccccc1F. The zero-order valence-corrected chi connectivity index (χ0v) is 16.8. The highest BCUT2D eigenvalue weighted by Crippen LogP contribution is 2.39. The second kappa shape index (κ2) is 12.1. The molecule has 1 aliphatic rings. The molecule has 6 heteroatoms. The van der Waals surface area contributed by atoms with Gasteiger partial charge in [0.1, 0.15) is 5.82 Å². The van der Waals surface area contributed by atoms with Gasteiger partial charge in [-0.3, -0.25) is 4.79 Å². The van der Waals surface area contributed by atoms with Crippen LogP contribution < -0.4 is 0 Å². The molecule has 2 rings (SSSR count). The summed E-state index contributed by atoms with van der Waals surface area (Å²) in [5.41, 5.74) is 0.420. The predicted octanol–water partition coefficient (Wildman–Crippen LogP) is 3.76. The summed E-state index contributed by atoms with van der Waals surface area (Å²) in [4.78, 5) is 10.5. The first kappa shape index (κ1) is 23.5. The third kappa shape index (κ3) is 7.88. The van der Waals surface area contributed by atoms with Crippen LogP contribution in [-0.2, 0) is 4.79 Å². The standard InChI is InChI=1S/C23H33FO5/c24-20-9-6-5-7-16(20)11-12-17(25)13-14-19-18(21(26)15-22(19)27)8-3-1-2-4-10-23(28)29/h5-7,9,11-12,17-19,21-22,25-27H,1-4,8,10,13-15H2,(H,28,29)/b12-11+. The number of carboxylic acids is 1. The quantitative estimate of drug-likeness (QED) is 0.395. The number of hydrogen-bond donors (Lipinski definition) is 4. The largest absolute Gasteiger partial charge is 0.481 e. The molecule has 0 radical (unpaired) electrons. The van der Waals surface area contributed by atoms with Crippen LogP contribution in [0.25, 0.3) is 6.08 Å². The van der Waals surface area contributed by atoms with Crippen molar-refractivity contribution in [2.24, 2.45) is 11.8 Å². The van der Waals surface area contributed by atoms with Crippen LogP contribution >= 0.6 is 0 Å². The molecule has 1 aromatic rings. The van der Waals surface area contributed by atoms with Crippen LogP contribution in [-0.4, -0.2) is 44.7 Å². The summed E-state index contributed by atoms with van der Waals surface area (Å²) in [6.07, 6.45) is 6.94. The van der Waals surface area contributed by atoms with E-state index in [0.29, 0.717) is 31.2 Å². The molecular weight excluding hydrogens is 375 g/mol. The molecule has 5 unspecified atom stereocenters. The second-order valence-electron chi connectivity index (χ2n) is 8.07. The topological polar surface area (TPSA) is 98.0 Å². The first-order chi connectivity index (χ1) is 13.9. The number of aliphatic hydroxyl groups excluding tert-OH is 3. The molecule has 1 aromatic carbocycles. The van der Waals surface area contributed by atoms with Gasteiger partial charge in [-0.25, -0.2) is 4.39 Å². The van der Waals surface area contributed by atoms with Gasteiger partial charge in [0.15, 0.2) is 0 Å². The van der Waals surface area contributed by atoms with Crippen molar-refractivity contribution in [3.05, 3.63) is 41.7 Å². The van der Waals surface area contributed by atoms with Gasteiger partial charge in [0, 0.05) is 12.0 Å². The number of hydrogen-bond acceptors (Lipinski definition) is 4. The Morgan fingerprint density at radius 3 is 2.41 bits per heavy atom. The fraction of sp³-hybridized carbons (Fsp3) is 0.609. The molecule has 0 amide bonds. The third-order valence-corrected chi connectivity index (χ3v) is 5.90. The van der Waals surface area contributed by atoms with Crippen molar-refractivity contribution < 1.29 is 29.6 Å². The van der Waals surface area contributed by atoms with Crippen LogP contribution in [0.3, 0.4) is 0 Å². The van der Waals surface area contributed by atoms with Crippen LogP contribution in [0.4, 0.5) is 4.39 Å². The molecule has 29 heavy (non-hydrogen) atoms. The molecule has 0 spiro atoms. The van der Waals surface area contributed by atoms with Crippen molar-refractivity contribution in [3.8, 4) is 0 Å². The number of benzene rings is 1. The van der Waals surface area contributed by atoms with Gasteiger partial charge in [-0.15, -0.1) is 0 Å². The Balaban J connectivity index is 1.77. The number of aliphatic carboxylic acids is 1. The van der Waals surface area contributed by atoms with Crippen molar-refractivity contribution in [3.63, 3.8) is 0 Å². The summed E-state index contributed by atoms with van der Waals surface area (Å²) in [7, 11) is 0. The molecule has 162 valence electrons. The Morgan fingerprint density at radius 1 is 1.07 bits per heavy atom. The van der Waals surface area contributed by atoms with Crippen LogP contribution in [0, 0.1) is 17.7 Å². The van der Waals surface area contributed by atoms with E-state index in [1.54, 1.807) is 30.4 Å². The monoisotopic (exact) mass is 408 g/mol. The molecule has 0 aromatic heterocycles. The molecule has 1 fully saturated rings. The van der Waals surface area contributed by atoms with E-state index in [2.05, 4.69) is 0 Å². The Labute approximate surface area is 171 Å². The van der Waals surface area contributed by atoms with Gasteiger partial charge >= 0.3 is 5.97 Å². The van der Waals surface area contributed by atoms with Gasteiger partial charge in [0.05, 0.1) is 18.3 Å². The maximum atomic E-state index is 13.6. The smallest absolute Gasteiger partial charge is 0.303 e. The second-order valence-corrected chi connectivity index (χ2v) is 8.07. The lowest BCUT2D eigenvalue weighted by Gasteiger charge is -2.24. The van der Waals surface area contributed by atoms with Crippen LogP contribution in [0.15, 0.2) is 30.3 Å². The molecule has 1 aliphatic carbocycles. The number of carbonyl (C=O) groups is 1. The van der Waals surface area contributed by atoms with Gasteiger partial charge in [0.25, 0.3) is 0 Å². The molecule has 5 atom stereocenters. The zero-order valence-electron chi connectivity index (χ0n) is 16.8. The Hall–Kier alpha value is -1.76. The Morgan fingerprint density at radius 2 is 1.72 bits per heavy atom. The first-order valence-corrected chi connectivity index (χ1v) is 10.6. The maximum absolute atomic E-state index is 13.6.